The van der Waals surface area contributed by atoms with E-state index < -0.39 is 151 Å². The lowest BCUT2D eigenvalue weighted by Gasteiger charge is -2.30. The van der Waals surface area contributed by atoms with E-state index in [2.05, 4.69) is 36.9 Å². The van der Waals surface area contributed by atoms with Crippen LogP contribution in [0.2, 0.25) is 0 Å². The molecule has 1 aromatic carbocycles. The molecular weight excluding hydrogens is 1000 g/mol. The van der Waals surface area contributed by atoms with Crippen LogP contribution in [-0.2, 0) is 64.0 Å². The number of nitrogens with zero attached hydrogens (tertiary/aromatic N) is 2. The number of nitrogens with one attached hydrogen (secondary N) is 7. The number of carbonyl (C=O) groups is 12. The molecule has 76 heavy (non-hydrogen) atoms. The van der Waals surface area contributed by atoms with Gasteiger partial charge >= 0.3 is 23.9 Å². The average molecular weight is 1080 g/mol. The summed E-state index contributed by atoms with van der Waals surface area (Å²) < 4.78 is 0. The minimum absolute atomic E-state index is 0.00596. The number of amides is 8. The molecule has 28 heteroatoms. The molecule has 1 aliphatic rings. The Morgan fingerprint density at radius 3 is 1.70 bits per heavy atom. The zero-order chi connectivity index (χ0) is 57.4. The zero-order valence-corrected chi connectivity index (χ0v) is 43.2. The zero-order valence-electron chi connectivity index (χ0n) is 43.2. The number of likely N-dealkylation sites (tertiary alicyclic amines) is 1. The molecule has 1 aromatic rings. The maximum absolute atomic E-state index is 14.3. The fourth-order valence-electron chi connectivity index (χ4n) is 7.98. The normalized spacial score (nSPS) is 16.2. The van der Waals surface area contributed by atoms with E-state index >= 15 is 0 Å². The van der Waals surface area contributed by atoms with Gasteiger partial charge in [-0.05, 0) is 69.3 Å². The average Bonchev–Trinajstić information content (AvgIpc) is 3.82. The molecule has 0 aliphatic carbocycles. The highest BCUT2D eigenvalue weighted by Crippen LogP contribution is 2.21. The first-order chi connectivity index (χ1) is 35.6. The van der Waals surface area contributed by atoms with E-state index in [1.54, 1.807) is 44.2 Å². The Kier molecular flexibility index (Phi) is 26.8. The Labute approximate surface area is 438 Å². The highest BCUT2D eigenvalue weighted by molar-refractivity contribution is 5.99. The Bertz CT molecular complexity index is 2260. The molecule has 422 valence electrons. The molecule has 1 saturated heterocycles. The molecule has 0 radical (unpaired) electrons. The molecule has 9 atom stereocenters. The molecule has 0 aromatic heterocycles. The number of aliphatic carboxylic acids is 4. The lowest BCUT2D eigenvalue weighted by molar-refractivity contribution is -0.146. The molecule has 0 unspecified atom stereocenters. The summed E-state index contributed by atoms with van der Waals surface area (Å²) in [6.07, 6.45) is -2.59. The number of hydrogen-bond donors (Lipinski definition) is 14. The molecule has 0 spiro atoms. The third-order valence-corrected chi connectivity index (χ3v) is 11.8. The summed E-state index contributed by atoms with van der Waals surface area (Å²) in [6.45, 7) is 8.34. The molecule has 8 amide bonds. The summed E-state index contributed by atoms with van der Waals surface area (Å²) in [4.78, 5) is 161. The fraction of sp³-hybridized carbons (Fsp3) is 0.604. The van der Waals surface area contributed by atoms with E-state index in [4.69, 9.17) is 22.3 Å². The molecule has 17 N–H and O–H groups in total. The standard InChI is InChI=1S/C48H74N12O16/c1-24(2)19-28(49)40(68)59-34(23-38(65)66)46(74)60-18-10-14-35(60)45(73)54-29(13-9-17-52-48(50)51)41(69)57-31(20-25(3)4)43(71)58-32(21-27-11-7-6-8-12-27)42(70)53-26(5)39(67)56-33(22-37(63)64)44(72)55-30(47(75)76)15-16-36(61)62/h6-8,11-12,24-26,28-35H,9-10,13-23,49H2,1-5H3,(H,53,70)(H,54,73)(H,55,72)(H,56,67)(H,57,69)(H,58,71)(H,59,68)(H,61,62)(H,63,64)(H,65,66)(H,75,76)(H4,50,51,52)/t26-,28-,29-,30-,31-,32-,33-,34-,35-/m0/s1. The van der Waals surface area contributed by atoms with Crippen molar-refractivity contribution in [2.45, 2.75) is 160 Å². The van der Waals surface area contributed by atoms with Crippen LogP contribution in [0.3, 0.4) is 0 Å². The van der Waals surface area contributed by atoms with Crippen LogP contribution >= 0.6 is 0 Å². The molecule has 1 fully saturated rings. The fourth-order valence-corrected chi connectivity index (χ4v) is 7.98. The predicted molar refractivity (Wildman–Crippen MR) is 270 cm³/mol. The van der Waals surface area contributed by atoms with Gasteiger partial charge in [0, 0.05) is 25.9 Å². The van der Waals surface area contributed by atoms with Crippen molar-refractivity contribution in [1.29, 1.82) is 0 Å². The van der Waals surface area contributed by atoms with Crippen molar-refractivity contribution in [3.05, 3.63) is 35.9 Å². The van der Waals surface area contributed by atoms with Crippen LogP contribution in [0.25, 0.3) is 0 Å². The Morgan fingerprint density at radius 2 is 1.13 bits per heavy atom. The van der Waals surface area contributed by atoms with Crippen molar-refractivity contribution in [3.63, 3.8) is 0 Å². The quantitative estimate of drug-likeness (QED) is 0.0190. The van der Waals surface area contributed by atoms with Crippen molar-refractivity contribution >= 4 is 77.1 Å². The summed E-state index contributed by atoms with van der Waals surface area (Å²) in [7, 11) is 0. The first-order valence-electron chi connectivity index (χ1n) is 24.8. The summed E-state index contributed by atoms with van der Waals surface area (Å²) in [6, 6.07) is -4.91. The van der Waals surface area contributed by atoms with E-state index in [-0.39, 0.29) is 69.4 Å². The van der Waals surface area contributed by atoms with E-state index in [9.17, 15) is 72.9 Å². The van der Waals surface area contributed by atoms with Gasteiger partial charge in [0.15, 0.2) is 5.96 Å². The number of guanidine groups is 1. The first-order valence-corrected chi connectivity index (χ1v) is 24.8. The molecular formula is C48H74N12O16. The van der Waals surface area contributed by atoms with Crippen LogP contribution in [0, 0.1) is 11.8 Å². The van der Waals surface area contributed by atoms with Crippen molar-refractivity contribution in [1.82, 2.24) is 42.1 Å². The van der Waals surface area contributed by atoms with Gasteiger partial charge < -0.3 is 79.7 Å². The number of hydrogen-bond acceptors (Lipinski definition) is 14. The summed E-state index contributed by atoms with van der Waals surface area (Å²) in [5.41, 5.74) is 17.5. The highest BCUT2D eigenvalue weighted by atomic mass is 16.4. The number of carbonyl (C=O) groups excluding carboxylic acids is 8. The summed E-state index contributed by atoms with van der Waals surface area (Å²) >= 11 is 0. The number of benzene rings is 1. The van der Waals surface area contributed by atoms with Gasteiger partial charge in [0.05, 0.1) is 18.9 Å². The lowest BCUT2D eigenvalue weighted by atomic mass is 10.00. The minimum atomic E-state index is -1.88. The number of rotatable bonds is 33. The minimum Gasteiger partial charge on any atom is -0.481 e. The van der Waals surface area contributed by atoms with Gasteiger partial charge in [-0.3, -0.25) is 57.7 Å². The monoisotopic (exact) mass is 1070 g/mol. The Hall–Kier alpha value is -7.91. The first kappa shape index (κ1) is 64.2. The molecule has 1 heterocycles. The van der Waals surface area contributed by atoms with Crippen LogP contribution in [-0.4, -0.2) is 170 Å². The van der Waals surface area contributed by atoms with Gasteiger partial charge in [-0.1, -0.05) is 58.0 Å². The SMILES string of the molecule is CC(C)C[C@H](NC(=O)[C@H](CCCN=C(N)N)NC(=O)[C@@H]1CCCN1C(=O)[C@H](CC(=O)O)NC(=O)[C@@H](N)CC(C)C)C(=O)N[C@@H](Cc1ccccc1)C(=O)N[C@@H](C)C(=O)N[C@@H](CC(=O)O)C(=O)N[C@@H](CCC(=O)O)C(=O)O. The second kappa shape index (κ2) is 31.7. The van der Waals surface area contributed by atoms with Gasteiger partial charge in [0.1, 0.15) is 48.3 Å². The van der Waals surface area contributed by atoms with Crippen molar-refractivity contribution < 1.29 is 78.0 Å². The van der Waals surface area contributed by atoms with Gasteiger partial charge in [0.25, 0.3) is 0 Å². The second-order valence-corrected chi connectivity index (χ2v) is 19.3. The molecule has 28 nitrogen and oxygen atoms in total. The van der Waals surface area contributed by atoms with Gasteiger partial charge in [0.2, 0.25) is 47.3 Å². The van der Waals surface area contributed by atoms with Crippen molar-refractivity contribution in [2.75, 3.05) is 13.1 Å². The number of carboxylic acids is 4. The highest BCUT2D eigenvalue weighted by Gasteiger charge is 2.41. The molecule has 0 bridgehead atoms. The molecule has 0 saturated carbocycles. The third kappa shape index (κ3) is 23.1. The van der Waals surface area contributed by atoms with E-state index in [0.717, 1.165) is 4.90 Å². The molecule has 1 aliphatic heterocycles. The van der Waals surface area contributed by atoms with E-state index in [0.29, 0.717) is 12.0 Å². The Morgan fingerprint density at radius 1 is 0.605 bits per heavy atom. The van der Waals surface area contributed by atoms with Gasteiger partial charge in [-0.2, -0.15) is 0 Å². The van der Waals surface area contributed by atoms with E-state index in [1.807, 2.05) is 19.2 Å². The van der Waals surface area contributed by atoms with Gasteiger partial charge in [-0.25, -0.2) is 4.79 Å². The van der Waals surface area contributed by atoms with Crippen molar-refractivity contribution in [2.24, 2.45) is 34.0 Å². The summed E-state index contributed by atoms with van der Waals surface area (Å²) in [5, 5.41) is 54.5. The predicted octanol–water partition coefficient (Wildman–Crippen LogP) is -2.99. The topological polar surface area (TPSA) is 464 Å². The van der Waals surface area contributed by atoms with Crippen LogP contribution in [0.1, 0.15) is 104 Å². The number of aliphatic imine (C=N–C) groups is 1. The maximum Gasteiger partial charge on any atom is 0.326 e. The van der Waals surface area contributed by atoms with Crippen LogP contribution in [0.4, 0.5) is 0 Å². The van der Waals surface area contributed by atoms with Crippen LogP contribution in [0.15, 0.2) is 35.3 Å². The third-order valence-electron chi connectivity index (χ3n) is 11.8. The second-order valence-electron chi connectivity index (χ2n) is 19.3. The van der Waals surface area contributed by atoms with E-state index in [1.165, 1.54) is 6.92 Å². The van der Waals surface area contributed by atoms with Crippen molar-refractivity contribution in [3.8, 4) is 0 Å². The number of nitrogens with two attached hydrogens (primary N) is 3. The molecule has 2 rings (SSSR count). The summed E-state index contributed by atoms with van der Waals surface area (Å²) in [5.74, 6) is -14.0. The van der Waals surface area contributed by atoms with Crippen LogP contribution in [0.5, 0.6) is 0 Å². The number of carboxylic acid groups (broad SMARTS) is 4. The van der Waals surface area contributed by atoms with Gasteiger partial charge in [-0.15, -0.1) is 0 Å². The Balaban J connectivity index is 2.41. The largest absolute Gasteiger partial charge is 0.481 e. The van der Waals surface area contributed by atoms with Crippen LogP contribution < -0.4 is 54.4 Å². The smallest absolute Gasteiger partial charge is 0.326 e. The lowest BCUT2D eigenvalue weighted by Crippen LogP contribution is -2.60. The maximum atomic E-state index is 14.3.